The number of halogens is 2. The lowest BCUT2D eigenvalue weighted by molar-refractivity contribution is -0.0648. The Hall–Kier alpha value is -2.42. The van der Waals surface area contributed by atoms with Crippen LogP contribution in [0.15, 0.2) is 30.3 Å². The third-order valence-electron chi connectivity index (χ3n) is 7.17. The van der Waals surface area contributed by atoms with E-state index in [0.29, 0.717) is 31.7 Å². The molecular weight excluding hydrogens is 434 g/mol. The van der Waals surface area contributed by atoms with E-state index in [1.165, 1.54) is 10.5 Å². The normalized spacial score (nSPS) is 30.1. The largest absolute Gasteiger partial charge is 0.449 e. The van der Waals surface area contributed by atoms with Gasteiger partial charge in [0.1, 0.15) is 0 Å². The number of carbonyl (C=O) groups excluding carboxylic acids is 2. The number of cyclic esters (lactones) is 1. The van der Waals surface area contributed by atoms with Gasteiger partial charge in [0.25, 0.3) is 6.43 Å². The molecule has 7 nitrogen and oxygen atoms in total. The van der Waals surface area contributed by atoms with Crippen LogP contribution in [0.3, 0.4) is 0 Å². The van der Waals surface area contributed by atoms with Crippen LogP contribution in [-0.4, -0.2) is 67.6 Å². The standard InChI is InChI=1S/C24H32F2N2O5/c25-21(26)16-33-23(30)28-13-4-11-24(12-14-31-22(29)27-24)20(28)15-32-19-9-7-18(8-10-19)17-5-2-1-3-6-17/h1-3,5-6,18-21H,4,7-16H2,(H,27,29). The van der Waals surface area contributed by atoms with Crippen LogP contribution in [0.25, 0.3) is 0 Å². The summed E-state index contributed by atoms with van der Waals surface area (Å²) in [6, 6.07) is 9.96. The number of rotatable bonds is 6. The van der Waals surface area contributed by atoms with E-state index in [1.54, 1.807) is 0 Å². The molecule has 1 aliphatic carbocycles. The summed E-state index contributed by atoms with van der Waals surface area (Å²) in [6.45, 7) is -0.126. The van der Waals surface area contributed by atoms with Crippen LogP contribution in [0.1, 0.15) is 56.4 Å². The van der Waals surface area contributed by atoms with Crippen LogP contribution in [0.4, 0.5) is 18.4 Å². The van der Waals surface area contributed by atoms with E-state index in [1.807, 2.05) is 6.07 Å². The van der Waals surface area contributed by atoms with Crippen LogP contribution in [0.2, 0.25) is 0 Å². The Morgan fingerprint density at radius 3 is 2.64 bits per heavy atom. The molecule has 0 aromatic heterocycles. The number of benzene rings is 1. The molecule has 1 aromatic carbocycles. The van der Waals surface area contributed by atoms with Crippen LogP contribution in [-0.2, 0) is 14.2 Å². The van der Waals surface area contributed by atoms with Gasteiger partial charge in [-0.25, -0.2) is 18.4 Å². The quantitative estimate of drug-likeness (QED) is 0.670. The molecule has 1 spiro atoms. The van der Waals surface area contributed by atoms with Crippen molar-refractivity contribution in [1.82, 2.24) is 10.2 Å². The van der Waals surface area contributed by atoms with E-state index in [9.17, 15) is 18.4 Å². The van der Waals surface area contributed by atoms with Gasteiger partial charge in [0.15, 0.2) is 6.61 Å². The Labute approximate surface area is 192 Å². The number of piperidine rings is 1. The third kappa shape index (κ3) is 5.75. The number of likely N-dealkylation sites (tertiary alicyclic amines) is 1. The Kier molecular flexibility index (Phi) is 7.67. The third-order valence-corrected chi connectivity index (χ3v) is 7.17. The highest BCUT2D eigenvalue weighted by molar-refractivity contribution is 5.71. The number of alkyl halides is 2. The summed E-state index contributed by atoms with van der Waals surface area (Å²) in [7, 11) is 0. The number of carbonyl (C=O) groups is 2. The van der Waals surface area contributed by atoms with E-state index in [4.69, 9.17) is 14.2 Å². The predicted octanol–water partition coefficient (Wildman–Crippen LogP) is 4.46. The summed E-state index contributed by atoms with van der Waals surface area (Å²) in [5, 5.41) is 2.91. The molecule has 1 aromatic rings. The molecule has 3 fully saturated rings. The number of amides is 2. The lowest BCUT2D eigenvalue weighted by Crippen LogP contribution is -2.69. The molecule has 2 unspecified atom stereocenters. The zero-order chi connectivity index (χ0) is 23.3. The smallest absolute Gasteiger partial charge is 0.410 e. The Bertz CT molecular complexity index is 799. The number of ether oxygens (including phenoxy) is 3. The molecule has 182 valence electrons. The molecule has 2 heterocycles. The van der Waals surface area contributed by atoms with E-state index in [2.05, 4.69) is 29.6 Å². The number of nitrogens with one attached hydrogen (secondary N) is 1. The van der Waals surface area contributed by atoms with Crippen LogP contribution >= 0.6 is 0 Å². The molecule has 0 bridgehead atoms. The fourth-order valence-corrected chi connectivity index (χ4v) is 5.45. The van der Waals surface area contributed by atoms with Gasteiger partial charge < -0.3 is 24.4 Å². The lowest BCUT2D eigenvalue weighted by Gasteiger charge is -2.51. The molecule has 2 atom stereocenters. The van der Waals surface area contributed by atoms with Gasteiger partial charge in [0, 0.05) is 13.0 Å². The maximum absolute atomic E-state index is 12.6. The Morgan fingerprint density at radius 2 is 1.94 bits per heavy atom. The highest BCUT2D eigenvalue weighted by Gasteiger charge is 2.50. The van der Waals surface area contributed by atoms with Crippen molar-refractivity contribution in [2.45, 2.75) is 75.0 Å². The summed E-state index contributed by atoms with van der Waals surface area (Å²) in [4.78, 5) is 26.1. The first-order valence-electron chi connectivity index (χ1n) is 11.8. The molecule has 3 aliphatic rings. The summed E-state index contributed by atoms with van der Waals surface area (Å²) in [6.07, 6.45) is 1.67. The Morgan fingerprint density at radius 1 is 1.18 bits per heavy atom. The zero-order valence-corrected chi connectivity index (χ0v) is 18.7. The minimum Gasteiger partial charge on any atom is -0.449 e. The molecule has 0 radical (unpaired) electrons. The summed E-state index contributed by atoms with van der Waals surface area (Å²) < 4.78 is 41.4. The maximum Gasteiger partial charge on any atom is 0.410 e. The van der Waals surface area contributed by atoms with Gasteiger partial charge in [-0.05, 0) is 50.0 Å². The molecule has 1 saturated carbocycles. The molecule has 2 aliphatic heterocycles. The first kappa shape index (κ1) is 23.7. The van der Waals surface area contributed by atoms with E-state index in [0.717, 1.165) is 25.7 Å². The number of alkyl carbamates (subject to hydrolysis) is 1. The topological polar surface area (TPSA) is 77.1 Å². The zero-order valence-electron chi connectivity index (χ0n) is 18.7. The number of hydrogen-bond acceptors (Lipinski definition) is 5. The van der Waals surface area contributed by atoms with Crippen molar-refractivity contribution in [3.63, 3.8) is 0 Å². The molecule has 9 heteroatoms. The summed E-state index contributed by atoms with van der Waals surface area (Å²) in [5.41, 5.74) is 0.638. The number of hydrogen-bond donors (Lipinski definition) is 1. The van der Waals surface area contributed by atoms with Gasteiger partial charge >= 0.3 is 12.2 Å². The first-order chi connectivity index (χ1) is 16.0. The van der Waals surface area contributed by atoms with Crippen molar-refractivity contribution < 1.29 is 32.6 Å². The minimum atomic E-state index is -2.73. The van der Waals surface area contributed by atoms with Gasteiger partial charge in [0.2, 0.25) is 0 Å². The van der Waals surface area contributed by atoms with Crippen molar-refractivity contribution in [2.75, 3.05) is 26.4 Å². The van der Waals surface area contributed by atoms with Crippen molar-refractivity contribution >= 4 is 12.2 Å². The monoisotopic (exact) mass is 466 g/mol. The molecule has 4 rings (SSSR count). The molecule has 33 heavy (non-hydrogen) atoms. The predicted molar refractivity (Wildman–Crippen MR) is 116 cm³/mol. The molecule has 1 N–H and O–H groups in total. The second kappa shape index (κ2) is 10.7. The van der Waals surface area contributed by atoms with Crippen molar-refractivity contribution in [3.8, 4) is 0 Å². The maximum atomic E-state index is 12.6. The van der Waals surface area contributed by atoms with Gasteiger partial charge in [-0.2, -0.15) is 0 Å². The van der Waals surface area contributed by atoms with Crippen molar-refractivity contribution in [3.05, 3.63) is 35.9 Å². The van der Waals surface area contributed by atoms with Gasteiger partial charge in [0.05, 0.1) is 30.9 Å². The van der Waals surface area contributed by atoms with Crippen LogP contribution < -0.4 is 5.32 Å². The first-order valence-corrected chi connectivity index (χ1v) is 11.8. The van der Waals surface area contributed by atoms with Crippen LogP contribution in [0.5, 0.6) is 0 Å². The Balaban J connectivity index is 1.40. The summed E-state index contributed by atoms with van der Waals surface area (Å²) >= 11 is 0. The number of nitrogens with zero attached hydrogens (tertiary/aromatic N) is 1. The second-order valence-corrected chi connectivity index (χ2v) is 9.17. The second-order valence-electron chi connectivity index (χ2n) is 9.17. The fourth-order valence-electron chi connectivity index (χ4n) is 5.45. The van der Waals surface area contributed by atoms with E-state index < -0.39 is 36.8 Å². The molecule has 2 amide bonds. The highest BCUT2D eigenvalue weighted by atomic mass is 19.3. The average Bonchev–Trinajstić information content (AvgIpc) is 2.82. The SMILES string of the molecule is O=C1NC2(CCCN(C(=O)OCC(F)F)C2COC2CCC(c3ccccc3)CC2)CCO1. The van der Waals surface area contributed by atoms with Gasteiger partial charge in [-0.15, -0.1) is 0 Å². The molecular formula is C24H32F2N2O5. The van der Waals surface area contributed by atoms with Gasteiger partial charge in [-0.3, -0.25) is 0 Å². The fraction of sp³-hybridized carbons (Fsp3) is 0.667. The van der Waals surface area contributed by atoms with Crippen LogP contribution in [0, 0.1) is 0 Å². The van der Waals surface area contributed by atoms with E-state index in [-0.39, 0.29) is 19.3 Å². The van der Waals surface area contributed by atoms with Gasteiger partial charge in [-0.1, -0.05) is 30.3 Å². The van der Waals surface area contributed by atoms with Crippen molar-refractivity contribution in [2.24, 2.45) is 0 Å². The highest BCUT2D eigenvalue weighted by Crippen LogP contribution is 2.37. The van der Waals surface area contributed by atoms with Crippen molar-refractivity contribution in [1.29, 1.82) is 0 Å². The lowest BCUT2D eigenvalue weighted by atomic mass is 9.78. The van der Waals surface area contributed by atoms with E-state index >= 15 is 0 Å². The average molecular weight is 467 g/mol. The summed E-state index contributed by atoms with van der Waals surface area (Å²) in [5.74, 6) is 0.516. The minimum absolute atomic E-state index is 0.0541. The molecule has 2 saturated heterocycles.